The third-order valence-corrected chi connectivity index (χ3v) is 6.67. The van der Waals surface area contributed by atoms with Crippen molar-refractivity contribution in [2.24, 2.45) is 5.11 Å². The molecule has 0 aromatic heterocycles. The van der Waals surface area contributed by atoms with Crippen LogP contribution in [0.15, 0.2) is 101 Å². The number of benzene rings is 3. The molecule has 1 heterocycles. The van der Waals surface area contributed by atoms with Gasteiger partial charge >= 0.3 is 0 Å². The minimum Gasteiger partial charge on any atom is -0.388 e. The predicted molar refractivity (Wildman–Crippen MR) is 131 cm³/mol. The van der Waals surface area contributed by atoms with Crippen molar-refractivity contribution in [1.29, 1.82) is 0 Å². The van der Waals surface area contributed by atoms with Crippen LogP contribution in [-0.4, -0.2) is 41.5 Å². The third kappa shape index (κ3) is 6.61. The minimum atomic E-state index is -1.03. The molecule has 0 amide bonds. The summed E-state index contributed by atoms with van der Waals surface area (Å²) in [4.78, 5) is 3.99. The van der Waals surface area contributed by atoms with Crippen LogP contribution < -0.4 is 0 Å². The van der Waals surface area contributed by atoms with E-state index in [0.717, 1.165) is 16.0 Å². The average Bonchev–Trinajstić information content (AvgIpc) is 2.88. The molecule has 5 atom stereocenters. The molecule has 3 aromatic rings. The highest BCUT2D eigenvalue weighted by atomic mass is 32.2. The standard InChI is InChI=1S/C26H27N3O4S/c27-29-28-23-25(32-17-20-12-6-2-7-13-20)24(30)22(18-31-16-19-10-4-1-5-11-19)33-26(23)34-21-14-8-3-9-15-21/h1-15,22-26,30H,16-18H2/t22-,23?,24+,25-,26+/m1/s1. The number of hydrogen-bond acceptors (Lipinski definition) is 6. The quantitative estimate of drug-likeness (QED) is 0.241. The van der Waals surface area contributed by atoms with E-state index in [2.05, 4.69) is 10.0 Å². The van der Waals surface area contributed by atoms with Gasteiger partial charge in [-0.1, -0.05) is 95.7 Å². The van der Waals surface area contributed by atoms with E-state index >= 15 is 0 Å². The van der Waals surface area contributed by atoms with Gasteiger partial charge in [-0.2, -0.15) is 0 Å². The van der Waals surface area contributed by atoms with Gasteiger partial charge in [-0.3, -0.25) is 0 Å². The van der Waals surface area contributed by atoms with E-state index in [1.165, 1.54) is 11.8 Å². The summed E-state index contributed by atoms with van der Waals surface area (Å²) in [6, 6.07) is 28.5. The molecule has 3 aromatic carbocycles. The molecule has 8 heteroatoms. The maximum absolute atomic E-state index is 11.2. The van der Waals surface area contributed by atoms with Crippen LogP contribution in [0.25, 0.3) is 10.4 Å². The lowest BCUT2D eigenvalue weighted by Crippen LogP contribution is -2.57. The molecule has 0 aliphatic carbocycles. The largest absolute Gasteiger partial charge is 0.388 e. The van der Waals surface area contributed by atoms with E-state index in [1.54, 1.807) is 0 Å². The Morgan fingerprint density at radius 2 is 1.47 bits per heavy atom. The van der Waals surface area contributed by atoms with Gasteiger partial charge in [0.25, 0.3) is 0 Å². The summed E-state index contributed by atoms with van der Waals surface area (Å²) in [7, 11) is 0. The fraction of sp³-hybridized carbons (Fsp3) is 0.308. The first kappa shape index (κ1) is 24.3. The van der Waals surface area contributed by atoms with Crippen LogP contribution in [0, 0.1) is 0 Å². The number of azide groups is 1. The first-order valence-corrected chi connectivity index (χ1v) is 12.0. The summed E-state index contributed by atoms with van der Waals surface area (Å²) in [5.41, 5.74) is 10.7. The lowest BCUT2D eigenvalue weighted by Gasteiger charge is -2.42. The maximum atomic E-state index is 11.2. The van der Waals surface area contributed by atoms with Crippen molar-refractivity contribution in [2.75, 3.05) is 6.61 Å². The maximum Gasteiger partial charge on any atom is 0.119 e. The fourth-order valence-corrected chi connectivity index (χ4v) is 4.91. The fourth-order valence-electron chi connectivity index (χ4n) is 3.78. The number of hydrogen-bond donors (Lipinski definition) is 1. The molecule has 0 saturated carbocycles. The van der Waals surface area contributed by atoms with Gasteiger partial charge in [-0.05, 0) is 28.8 Å². The summed E-state index contributed by atoms with van der Waals surface area (Å²) in [5.74, 6) is 0. The van der Waals surface area contributed by atoms with Crippen molar-refractivity contribution in [3.8, 4) is 0 Å². The van der Waals surface area contributed by atoms with Crippen LogP contribution in [0.1, 0.15) is 11.1 Å². The van der Waals surface area contributed by atoms with Gasteiger partial charge < -0.3 is 19.3 Å². The van der Waals surface area contributed by atoms with Gasteiger partial charge in [0.05, 0.1) is 25.9 Å². The van der Waals surface area contributed by atoms with Crippen LogP contribution in [0.4, 0.5) is 0 Å². The summed E-state index contributed by atoms with van der Waals surface area (Å²) in [6.45, 7) is 0.857. The Morgan fingerprint density at radius 1 is 0.882 bits per heavy atom. The molecule has 0 radical (unpaired) electrons. The van der Waals surface area contributed by atoms with Gasteiger partial charge in [0.2, 0.25) is 0 Å². The van der Waals surface area contributed by atoms with Crippen LogP contribution in [0.2, 0.25) is 0 Å². The van der Waals surface area contributed by atoms with Crippen molar-refractivity contribution in [1.82, 2.24) is 0 Å². The van der Waals surface area contributed by atoms with Crippen LogP contribution in [0.5, 0.6) is 0 Å². The molecule has 1 aliphatic heterocycles. The molecule has 1 N–H and O–H groups in total. The van der Waals surface area contributed by atoms with Gasteiger partial charge in [-0.25, -0.2) is 0 Å². The zero-order chi connectivity index (χ0) is 23.6. The molecule has 7 nitrogen and oxygen atoms in total. The highest BCUT2D eigenvalue weighted by Gasteiger charge is 2.46. The highest BCUT2D eigenvalue weighted by Crippen LogP contribution is 2.36. The second kappa shape index (κ2) is 12.6. The zero-order valence-corrected chi connectivity index (χ0v) is 19.4. The molecule has 176 valence electrons. The Morgan fingerprint density at radius 3 is 2.09 bits per heavy atom. The first-order valence-electron chi connectivity index (χ1n) is 11.1. The number of thioether (sulfide) groups is 1. The van der Waals surface area contributed by atoms with Crippen molar-refractivity contribution in [2.45, 2.75) is 47.9 Å². The van der Waals surface area contributed by atoms with Crippen molar-refractivity contribution in [3.63, 3.8) is 0 Å². The number of aliphatic hydroxyl groups excluding tert-OH is 1. The lowest BCUT2D eigenvalue weighted by atomic mass is 9.98. The number of ether oxygens (including phenoxy) is 3. The number of aliphatic hydroxyl groups is 1. The molecule has 0 spiro atoms. The summed E-state index contributed by atoms with van der Waals surface area (Å²) >= 11 is 1.44. The highest BCUT2D eigenvalue weighted by molar-refractivity contribution is 7.99. The Hall–Kier alpha value is -2.84. The Balaban J connectivity index is 1.51. The van der Waals surface area contributed by atoms with Gasteiger partial charge in [-0.15, -0.1) is 0 Å². The monoisotopic (exact) mass is 477 g/mol. The summed E-state index contributed by atoms with van der Waals surface area (Å²) in [5, 5.41) is 15.1. The van der Waals surface area contributed by atoms with Crippen molar-refractivity contribution >= 4 is 11.8 Å². The Bertz CT molecular complexity index is 1050. The van der Waals surface area contributed by atoms with Crippen molar-refractivity contribution in [3.05, 3.63) is 113 Å². The smallest absolute Gasteiger partial charge is 0.119 e. The summed E-state index contributed by atoms with van der Waals surface area (Å²) < 4.78 is 18.3. The van der Waals surface area contributed by atoms with E-state index in [9.17, 15) is 10.6 Å². The third-order valence-electron chi connectivity index (χ3n) is 5.50. The molecular weight excluding hydrogens is 450 g/mol. The SMILES string of the molecule is [N-]=[N+]=NC1[C@@H](OCc2ccccc2)[C@@H](O)[C@@H](COCc2ccccc2)O[C@H]1Sc1ccccc1. The van der Waals surface area contributed by atoms with Gasteiger partial charge in [0, 0.05) is 9.81 Å². The van der Waals surface area contributed by atoms with E-state index in [-0.39, 0.29) is 13.2 Å². The molecule has 4 rings (SSSR count). The van der Waals surface area contributed by atoms with E-state index < -0.39 is 29.8 Å². The van der Waals surface area contributed by atoms with Gasteiger partial charge in [0.1, 0.15) is 23.7 Å². The molecule has 0 bridgehead atoms. The van der Waals surface area contributed by atoms with E-state index in [1.807, 2.05) is 91.0 Å². The predicted octanol–water partition coefficient (Wildman–Crippen LogP) is 5.35. The normalized spacial score (nSPS) is 24.3. The molecule has 1 fully saturated rings. The second-order valence-corrected chi connectivity index (χ2v) is 9.09. The summed E-state index contributed by atoms with van der Waals surface area (Å²) in [6.07, 6.45) is -2.42. The Kier molecular flexibility index (Phi) is 8.98. The number of rotatable bonds is 10. The average molecular weight is 478 g/mol. The first-order chi connectivity index (χ1) is 16.7. The lowest BCUT2D eigenvalue weighted by molar-refractivity contribution is -0.190. The number of nitrogens with zero attached hydrogens (tertiary/aromatic N) is 3. The van der Waals surface area contributed by atoms with Crippen LogP contribution >= 0.6 is 11.8 Å². The second-order valence-electron chi connectivity index (χ2n) is 7.92. The van der Waals surface area contributed by atoms with Crippen molar-refractivity contribution < 1.29 is 19.3 Å². The topological polar surface area (TPSA) is 96.7 Å². The molecule has 34 heavy (non-hydrogen) atoms. The van der Waals surface area contributed by atoms with E-state index in [0.29, 0.717) is 6.61 Å². The minimum absolute atomic E-state index is 0.177. The molecular formula is C26H27N3O4S. The van der Waals surface area contributed by atoms with E-state index in [4.69, 9.17) is 14.2 Å². The Labute approximate surface area is 203 Å². The van der Waals surface area contributed by atoms with Crippen LogP contribution in [-0.2, 0) is 27.4 Å². The van der Waals surface area contributed by atoms with Crippen LogP contribution in [0.3, 0.4) is 0 Å². The zero-order valence-electron chi connectivity index (χ0n) is 18.6. The molecule has 1 unspecified atom stereocenters. The molecule has 1 saturated heterocycles. The molecule has 1 aliphatic rings. The van der Waals surface area contributed by atoms with Gasteiger partial charge in [0.15, 0.2) is 0 Å².